The number of likely N-dealkylation sites (tertiary alicyclic amines) is 1. The fourth-order valence-corrected chi connectivity index (χ4v) is 4.96. The molecule has 1 aliphatic carbocycles. The minimum Gasteiger partial charge on any atom is -0.377 e. The van der Waals surface area contributed by atoms with Gasteiger partial charge in [-0.2, -0.15) is 0 Å². The van der Waals surface area contributed by atoms with Gasteiger partial charge in [0.05, 0.1) is 17.7 Å². The Hall–Kier alpha value is -2.67. The van der Waals surface area contributed by atoms with Gasteiger partial charge in [-0.3, -0.25) is 9.59 Å². The fourth-order valence-electron chi connectivity index (χ4n) is 4.96. The molecule has 1 saturated carbocycles. The maximum absolute atomic E-state index is 13.1. The number of carbonyl (C=O) groups is 2. The molecule has 2 heterocycles. The highest BCUT2D eigenvalue weighted by molar-refractivity contribution is 5.95. The minimum absolute atomic E-state index is 0.0865. The highest BCUT2D eigenvalue weighted by Gasteiger charge is 2.46. The molecule has 7 nitrogen and oxygen atoms in total. The van der Waals surface area contributed by atoms with E-state index < -0.39 is 11.3 Å². The van der Waals surface area contributed by atoms with Crippen LogP contribution < -0.4 is 5.73 Å². The molecule has 7 heteroatoms. The maximum Gasteiger partial charge on any atom is 0.253 e. The van der Waals surface area contributed by atoms with Gasteiger partial charge < -0.3 is 19.9 Å². The van der Waals surface area contributed by atoms with Crippen molar-refractivity contribution in [3.05, 3.63) is 52.9 Å². The zero-order valence-electron chi connectivity index (χ0n) is 18.8. The van der Waals surface area contributed by atoms with E-state index in [2.05, 4.69) is 5.16 Å². The average molecular weight is 440 g/mol. The second-order valence-corrected chi connectivity index (χ2v) is 9.19. The van der Waals surface area contributed by atoms with Gasteiger partial charge in [0.15, 0.2) is 0 Å². The molecule has 0 bridgehead atoms. The van der Waals surface area contributed by atoms with Gasteiger partial charge in [-0.25, -0.2) is 0 Å². The highest BCUT2D eigenvalue weighted by atomic mass is 16.5. The zero-order chi connectivity index (χ0) is 22.6. The molecule has 2 aliphatic rings. The van der Waals surface area contributed by atoms with Crippen molar-refractivity contribution < 1.29 is 18.8 Å². The molecule has 2 aromatic rings. The number of rotatable bonds is 8. The van der Waals surface area contributed by atoms with Gasteiger partial charge in [0.1, 0.15) is 5.76 Å². The summed E-state index contributed by atoms with van der Waals surface area (Å²) in [6, 6.07) is 9.42. The lowest BCUT2D eigenvalue weighted by atomic mass is 9.81. The maximum atomic E-state index is 13.1. The number of nitrogens with two attached hydrogens (primary N) is 1. The summed E-state index contributed by atoms with van der Waals surface area (Å²) in [5.74, 6) is 0.643. The van der Waals surface area contributed by atoms with E-state index in [0.29, 0.717) is 56.4 Å². The van der Waals surface area contributed by atoms with Crippen LogP contribution in [0.3, 0.4) is 0 Å². The third kappa shape index (κ3) is 4.88. The minimum atomic E-state index is -0.825. The third-order valence-electron chi connectivity index (χ3n) is 6.95. The summed E-state index contributed by atoms with van der Waals surface area (Å²) < 4.78 is 11.0. The number of nitrogens with zero attached hydrogens (tertiary/aromatic N) is 2. The lowest BCUT2D eigenvalue weighted by Gasteiger charge is -2.25. The molecule has 2 fully saturated rings. The van der Waals surface area contributed by atoms with Crippen LogP contribution in [0.2, 0.25) is 0 Å². The number of carbonyl (C=O) groups excluding carboxylic acids is 2. The Kier molecular flexibility index (Phi) is 6.94. The Bertz CT molecular complexity index is 933. The standard InChI is InChI=1S/C25H33N3O4/c1-2-31-16-18-8-10-20(11-9-18)23(29)28-13-12-25(17-28,24(26)30)15-21-14-22(27-32-21)19-6-4-3-5-7-19/h8-11,14,19H,2-7,12-13,15-17H2,1H3,(H2,26,30). The molecule has 1 unspecified atom stereocenters. The van der Waals surface area contributed by atoms with E-state index in [-0.39, 0.29) is 5.91 Å². The van der Waals surface area contributed by atoms with Crippen LogP contribution in [0.4, 0.5) is 0 Å². The first-order valence-electron chi connectivity index (χ1n) is 11.7. The second kappa shape index (κ2) is 9.86. The lowest BCUT2D eigenvalue weighted by Crippen LogP contribution is -2.42. The summed E-state index contributed by atoms with van der Waals surface area (Å²) >= 11 is 0. The van der Waals surface area contributed by atoms with Crippen LogP contribution in [0.5, 0.6) is 0 Å². The zero-order valence-corrected chi connectivity index (χ0v) is 18.8. The number of ether oxygens (including phenoxy) is 1. The van der Waals surface area contributed by atoms with E-state index >= 15 is 0 Å². The summed E-state index contributed by atoms with van der Waals surface area (Å²) in [5, 5.41) is 4.29. The first kappa shape index (κ1) is 22.5. The molecular weight excluding hydrogens is 406 g/mol. The molecule has 4 rings (SSSR count). The number of hydrogen-bond donors (Lipinski definition) is 1. The van der Waals surface area contributed by atoms with Crippen LogP contribution in [0.15, 0.2) is 34.9 Å². The topological polar surface area (TPSA) is 98.7 Å². The lowest BCUT2D eigenvalue weighted by molar-refractivity contribution is -0.127. The summed E-state index contributed by atoms with van der Waals surface area (Å²) in [4.78, 5) is 27.3. The third-order valence-corrected chi connectivity index (χ3v) is 6.95. The van der Waals surface area contributed by atoms with Gasteiger partial charge in [-0.15, -0.1) is 0 Å². The Morgan fingerprint density at radius 3 is 2.66 bits per heavy atom. The first-order chi connectivity index (χ1) is 15.5. The van der Waals surface area contributed by atoms with E-state index in [9.17, 15) is 9.59 Å². The summed E-state index contributed by atoms with van der Waals surface area (Å²) in [6.45, 7) is 3.91. The van der Waals surface area contributed by atoms with Gasteiger partial charge in [0.25, 0.3) is 5.91 Å². The SMILES string of the molecule is CCOCc1ccc(C(=O)N2CCC(Cc3cc(C4CCCCC4)no3)(C(N)=O)C2)cc1. The molecule has 1 saturated heterocycles. The van der Waals surface area contributed by atoms with Gasteiger partial charge in [-0.1, -0.05) is 36.6 Å². The van der Waals surface area contributed by atoms with Crippen LogP contribution >= 0.6 is 0 Å². The van der Waals surface area contributed by atoms with Crippen LogP contribution in [-0.4, -0.2) is 41.6 Å². The van der Waals surface area contributed by atoms with E-state index in [1.165, 1.54) is 19.3 Å². The van der Waals surface area contributed by atoms with Crippen LogP contribution in [-0.2, 0) is 22.6 Å². The monoisotopic (exact) mass is 439 g/mol. The summed E-state index contributed by atoms with van der Waals surface area (Å²) in [6.07, 6.45) is 6.90. The number of benzene rings is 1. The van der Waals surface area contributed by atoms with Gasteiger partial charge in [0.2, 0.25) is 5.91 Å². The largest absolute Gasteiger partial charge is 0.377 e. The number of hydrogen-bond acceptors (Lipinski definition) is 5. The Morgan fingerprint density at radius 1 is 1.22 bits per heavy atom. The van der Waals surface area contributed by atoms with Crippen molar-refractivity contribution in [2.75, 3.05) is 19.7 Å². The van der Waals surface area contributed by atoms with Gasteiger partial charge in [0, 0.05) is 43.7 Å². The molecule has 2 N–H and O–H groups in total. The second-order valence-electron chi connectivity index (χ2n) is 9.19. The number of amides is 2. The number of primary amides is 1. The predicted octanol–water partition coefficient (Wildman–Crippen LogP) is 3.82. The molecule has 1 aliphatic heterocycles. The van der Waals surface area contributed by atoms with Crippen molar-refractivity contribution in [1.29, 1.82) is 0 Å². The first-order valence-corrected chi connectivity index (χ1v) is 11.7. The molecule has 32 heavy (non-hydrogen) atoms. The van der Waals surface area contributed by atoms with Crippen molar-refractivity contribution in [2.24, 2.45) is 11.1 Å². The van der Waals surface area contributed by atoms with Crippen LogP contribution in [0.25, 0.3) is 0 Å². The van der Waals surface area contributed by atoms with Gasteiger partial charge in [-0.05, 0) is 43.9 Å². The molecular formula is C25H33N3O4. The smallest absolute Gasteiger partial charge is 0.253 e. The van der Waals surface area contributed by atoms with Crippen molar-refractivity contribution in [3.63, 3.8) is 0 Å². The van der Waals surface area contributed by atoms with Gasteiger partial charge >= 0.3 is 0 Å². The van der Waals surface area contributed by atoms with E-state index in [0.717, 1.165) is 24.1 Å². The average Bonchev–Trinajstić information content (AvgIpc) is 3.47. The molecule has 1 atom stereocenters. The van der Waals surface area contributed by atoms with Crippen LogP contribution in [0, 0.1) is 5.41 Å². The quantitative estimate of drug-likeness (QED) is 0.674. The molecule has 172 valence electrons. The molecule has 1 aromatic heterocycles. The van der Waals surface area contributed by atoms with Crippen molar-refractivity contribution in [1.82, 2.24) is 10.1 Å². The number of aromatic nitrogens is 1. The normalized spacial score (nSPS) is 21.7. The molecule has 0 spiro atoms. The Labute approximate surface area is 189 Å². The van der Waals surface area contributed by atoms with Crippen molar-refractivity contribution in [2.45, 2.75) is 64.4 Å². The Balaban J connectivity index is 1.42. The highest BCUT2D eigenvalue weighted by Crippen LogP contribution is 2.37. The molecule has 0 radical (unpaired) electrons. The van der Waals surface area contributed by atoms with E-state index in [1.807, 2.05) is 37.3 Å². The molecule has 1 aromatic carbocycles. The van der Waals surface area contributed by atoms with Crippen LogP contribution in [0.1, 0.15) is 78.7 Å². The fraction of sp³-hybridized carbons (Fsp3) is 0.560. The van der Waals surface area contributed by atoms with E-state index in [4.69, 9.17) is 15.0 Å². The summed E-state index contributed by atoms with van der Waals surface area (Å²) in [5.41, 5.74) is 7.63. The predicted molar refractivity (Wildman–Crippen MR) is 120 cm³/mol. The van der Waals surface area contributed by atoms with Crippen molar-refractivity contribution >= 4 is 11.8 Å². The summed E-state index contributed by atoms with van der Waals surface area (Å²) in [7, 11) is 0. The Morgan fingerprint density at radius 2 is 1.97 bits per heavy atom. The van der Waals surface area contributed by atoms with E-state index in [1.54, 1.807) is 4.90 Å². The van der Waals surface area contributed by atoms with Crippen molar-refractivity contribution in [3.8, 4) is 0 Å². The molecule has 2 amide bonds.